The molecule has 1 aromatic carbocycles. The van der Waals surface area contributed by atoms with Gasteiger partial charge in [0.1, 0.15) is 10.8 Å². The Labute approximate surface area is 141 Å². The maximum Gasteiger partial charge on any atom is 0.226 e. The van der Waals surface area contributed by atoms with Crippen molar-refractivity contribution in [3.8, 4) is 16.3 Å². The van der Waals surface area contributed by atoms with Gasteiger partial charge in [0.2, 0.25) is 5.91 Å². The summed E-state index contributed by atoms with van der Waals surface area (Å²) in [6.07, 6.45) is 1.25. The van der Waals surface area contributed by atoms with E-state index in [0.717, 1.165) is 35.0 Å². The lowest BCUT2D eigenvalue weighted by molar-refractivity contribution is -0.120. The zero-order chi connectivity index (χ0) is 16.5. The number of hydrogen-bond acceptors (Lipinski definition) is 5. The predicted octanol–water partition coefficient (Wildman–Crippen LogP) is 2.48. The number of thiazole rings is 1. The van der Waals surface area contributed by atoms with Gasteiger partial charge in [0.05, 0.1) is 18.7 Å². The van der Waals surface area contributed by atoms with Crippen LogP contribution < -0.4 is 15.4 Å². The third-order valence-electron chi connectivity index (χ3n) is 3.23. The van der Waals surface area contributed by atoms with Crippen molar-refractivity contribution in [1.29, 1.82) is 0 Å². The van der Waals surface area contributed by atoms with E-state index in [1.807, 2.05) is 43.6 Å². The van der Waals surface area contributed by atoms with E-state index in [1.54, 1.807) is 11.3 Å². The van der Waals surface area contributed by atoms with Gasteiger partial charge in [0, 0.05) is 17.5 Å². The van der Waals surface area contributed by atoms with E-state index < -0.39 is 0 Å². The number of amides is 1. The molecule has 2 rings (SSSR count). The first-order chi connectivity index (χ1) is 11.2. The van der Waals surface area contributed by atoms with Crippen molar-refractivity contribution in [2.24, 2.45) is 0 Å². The lowest BCUT2D eigenvalue weighted by Crippen LogP contribution is -2.28. The molecule has 0 saturated heterocycles. The summed E-state index contributed by atoms with van der Waals surface area (Å²) in [5.41, 5.74) is 1.85. The van der Waals surface area contributed by atoms with Crippen molar-refractivity contribution in [2.75, 3.05) is 26.7 Å². The molecule has 124 valence electrons. The summed E-state index contributed by atoms with van der Waals surface area (Å²) in [6.45, 7) is 4.21. The van der Waals surface area contributed by atoms with Gasteiger partial charge in [-0.15, -0.1) is 11.3 Å². The van der Waals surface area contributed by atoms with Crippen LogP contribution >= 0.6 is 11.3 Å². The summed E-state index contributed by atoms with van der Waals surface area (Å²) in [5, 5.41) is 8.82. The predicted molar refractivity (Wildman–Crippen MR) is 94.0 cm³/mol. The van der Waals surface area contributed by atoms with E-state index in [2.05, 4.69) is 15.6 Å². The Morgan fingerprint density at radius 3 is 2.74 bits per heavy atom. The summed E-state index contributed by atoms with van der Waals surface area (Å²) < 4.78 is 5.43. The Kier molecular flexibility index (Phi) is 7.03. The fraction of sp³-hybridized carbons (Fsp3) is 0.412. The summed E-state index contributed by atoms with van der Waals surface area (Å²) in [6, 6.07) is 7.86. The Morgan fingerprint density at radius 2 is 2.04 bits per heavy atom. The molecule has 0 atom stereocenters. The Hall–Kier alpha value is -1.92. The van der Waals surface area contributed by atoms with Gasteiger partial charge in [0.25, 0.3) is 0 Å². The highest BCUT2D eigenvalue weighted by atomic mass is 32.1. The average Bonchev–Trinajstić information content (AvgIpc) is 3.01. The minimum Gasteiger partial charge on any atom is -0.494 e. The molecule has 0 aliphatic rings. The number of nitrogens with zero attached hydrogens (tertiary/aromatic N) is 1. The first kappa shape index (κ1) is 17.4. The molecule has 6 heteroatoms. The highest BCUT2D eigenvalue weighted by molar-refractivity contribution is 7.13. The highest BCUT2D eigenvalue weighted by Crippen LogP contribution is 2.25. The lowest BCUT2D eigenvalue weighted by atomic mass is 10.2. The third kappa shape index (κ3) is 5.65. The van der Waals surface area contributed by atoms with Gasteiger partial charge in [0.15, 0.2) is 0 Å². The molecule has 0 saturated carbocycles. The second-order valence-corrected chi connectivity index (χ2v) is 5.94. The summed E-state index contributed by atoms with van der Waals surface area (Å²) in [4.78, 5) is 16.4. The van der Waals surface area contributed by atoms with E-state index in [1.165, 1.54) is 0 Å². The fourth-order valence-electron chi connectivity index (χ4n) is 2.10. The normalized spacial score (nSPS) is 10.5. The average molecular weight is 333 g/mol. The fourth-order valence-corrected chi connectivity index (χ4v) is 2.93. The topological polar surface area (TPSA) is 63.2 Å². The number of nitrogens with one attached hydrogen (secondary N) is 2. The van der Waals surface area contributed by atoms with Gasteiger partial charge in [-0.1, -0.05) is 0 Å². The number of ether oxygens (including phenoxy) is 1. The molecule has 1 amide bonds. The molecule has 0 unspecified atom stereocenters. The second-order valence-electron chi connectivity index (χ2n) is 5.09. The Morgan fingerprint density at radius 1 is 1.26 bits per heavy atom. The SMILES string of the molecule is CCOc1ccc(-c2nc(CC(=O)NCCCNC)cs2)cc1. The standard InChI is InChI=1S/C17H23N3O2S/c1-3-22-15-7-5-13(6-8-15)17-20-14(12-23-17)11-16(21)19-10-4-9-18-2/h5-8,12,18H,3-4,9-11H2,1-2H3,(H,19,21). The van der Waals surface area contributed by atoms with E-state index in [4.69, 9.17) is 4.74 Å². The Balaban J connectivity index is 1.88. The van der Waals surface area contributed by atoms with Crippen LogP contribution in [0, 0.1) is 0 Å². The van der Waals surface area contributed by atoms with Crippen LogP contribution in [0.2, 0.25) is 0 Å². The van der Waals surface area contributed by atoms with Crippen molar-refractivity contribution in [1.82, 2.24) is 15.6 Å². The molecule has 0 aliphatic heterocycles. The molecule has 1 aromatic heterocycles. The van der Waals surface area contributed by atoms with Crippen molar-refractivity contribution in [3.63, 3.8) is 0 Å². The summed E-state index contributed by atoms with van der Waals surface area (Å²) in [7, 11) is 1.90. The lowest BCUT2D eigenvalue weighted by Gasteiger charge is -2.04. The molecule has 2 N–H and O–H groups in total. The van der Waals surface area contributed by atoms with Gasteiger partial charge in [-0.25, -0.2) is 4.98 Å². The molecule has 0 fully saturated rings. The Bertz CT molecular complexity index is 611. The van der Waals surface area contributed by atoms with Gasteiger partial charge < -0.3 is 15.4 Å². The quantitative estimate of drug-likeness (QED) is 0.692. The number of rotatable bonds is 9. The second kappa shape index (κ2) is 9.27. The molecule has 1 heterocycles. The zero-order valence-corrected chi connectivity index (χ0v) is 14.4. The van der Waals surface area contributed by atoms with Gasteiger partial charge in [-0.05, 0) is 51.2 Å². The van der Waals surface area contributed by atoms with Crippen LogP contribution in [0.15, 0.2) is 29.6 Å². The molecular weight excluding hydrogens is 310 g/mol. The number of carbonyl (C=O) groups is 1. The maximum atomic E-state index is 11.9. The largest absolute Gasteiger partial charge is 0.494 e. The molecule has 2 aromatic rings. The molecule has 0 radical (unpaired) electrons. The smallest absolute Gasteiger partial charge is 0.226 e. The van der Waals surface area contributed by atoms with Crippen molar-refractivity contribution in [3.05, 3.63) is 35.3 Å². The van der Waals surface area contributed by atoms with E-state index in [-0.39, 0.29) is 5.91 Å². The van der Waals surface area contributed by atoms with Gasteiger partial charge >= 0.3 is 0 Å². The van der Waals surface area contributed by atoms with Crippen molar-refractivity contribution < 1.29 is 9.53 Å². The van der Waals surface area contributed by atoms with Crippen LogP contribution in [-0.2, 0) is 11.2 Å². The molecule has 5 nitrogen and oxygen atoms in total. The monoisotopic (exact) mass is 333 g/mol. The van der Waals surface area contributed by atoms with Gasteiger partial charge in [-0.2, -0.15) is 0 Å². The first-order valence-corrected chi connectivity index (χ1v) is 8.69. The van der Waals surface area contributed by atoms with E-state index >= 15 is 0 Å². The number of benzene rings is 1. The third-order valence-corrected chi connectivity index (χ3v) is 4.17. The van der Waals surface area contributed by atoms with E-state index in [9.17, 15) is 4.79 Å². The molecular formula is C17H23N3O2S. The van der Waals surface area contributed by atoms with Crippen LogP contribution in [0.3, 0.4) is 0 Å². The van der Waals surface area contributed by atoms with E-state index in [0.29, 0.717) is 19.6 Å². The number of carbonyl (C=O) groups excluding carboxylic acids is 1. The van der Waals surface area contributed by atoms with Crippen molar-refractivity contribution in [2.45, 2.75) is 19.8 Å². The summed E-state index contributed by atoms with van der Waals surface area (Å²) >= 11 is 1.55. The van der Waals surface area contributed by atoms with Crippen molar-refractivity contribution >= 4 is 17.2 Å². The molecule has 23 heavy (non-hydrogen) atoms. The zero-order valence-electron chi connectivity index (χ0n) is 13.6. The van der Waals surface area contributed by atoms with Gasteiger partial charge in [-0.3, -0.25) is 4.79 Å². The van der Waals surface area contributed by atoms with Crippen LogP contribution in [0.1, 0.15) is 19.0 Å². The van der Waals surface area contributed by atoms with Crippen LogP contribution in [0.4, 0.5) is 0 Å². The summed E-state index contributed by atoms with van der Waals surface area (Å²) in [5.74, 6) is 0.874. The highest BCUT2D eigenvalue weighted by Gasteiger charge is 2.09. The van der Waals surface area contributed by atoms with Crippen LogP contribution in [0.5, 0.6) is 5.75 Å². The number of hydrogen-bond donors (Lipinski definition) is 2. The number of aromatic nitrogens is 1. The minimum absolute atomic E-state index is 0.0182. The molecule has 0 aliphatic carbocycles. The molecule has 0 bridgehead atoms. The molecule has 0 spiro atoms. The van der Waals surface area contributed by atoms with Crippen LogP contribution in [0.25, 0.3) is 10.6 Å². The maximum absolute atomic E-state index is 11.9. The first-order valence-electron chi connectivity index (χ1n) is 7.82. The van der Waals surface area contributed by atoms with Crippen LogP contribution in [-0.4, -0.2) is 37.6 Å². The minimum atomic E-state index is 0.0182.